The summed E-state index contributed by atoms with van der Waals surface area (Å²) in [6.07, 6.45) is 3.67. The van der Waals surface area contributed by atoms with Crippen molar-refractivity contribution in [2.24, 2.45) is 0 Å². The molecule has 0 radical (unpaired) electrons. The lowest BCUT2D eigenvalue weighted by Gasteiger charge is -2.17. The number of aromatic nitrogens is 1. The fourth-order valence-corrected chi connectivity index (χ4v) is 6.01. The van der Waals surface area contributed by atoms with Crippen LogP contribution < -0.4 is 0 Å². The summed E-state index contributed by atoms with van der Waals surface area (Å²) in [7, 11) is 1.71. The highest BCUT2D eigenvalue weighted by molar-refractivity contribution is 6.30. The molecule has 2 nitrogen and oxygen atoms in total. The van der Waals surface area contributed by atoms with E-state index in [9.17, 15) is 0 Å². The Labute approximate surface area is 240 Å². The Morgan fingerprint density at radius 1 is 0.625 bits per heavy atom. The zero-order valence-electron chi connectivity index (χ0n) is 23.1. The molecule has 1 heterocycles. The van der Waals surface area contributed by atoms with E-state index in [1.54, 1.807) is 7.11 Å². The number of para-hydroxylation sites is 1. The molecule has 1 aliphatic carbocycles. The molecule has 6 aromatic rings. The van der Waals surface area contributed by atoms with Crippen LogP contribution in [-0.4, -0.2) is 11.7 Å². The minimum absolute atomic E-state index is 0.845. The molecule has 0 amide bonds. The Balaban J connectivity index is 0.00000142. The van der Waals surface area contributed by atoms with Crippen LogP contribution in [0.2, 0.25) is 0 Å². The lowest BCUT2D eigenvalue weighted by molar-refractivity contribution is 0.306. The summed E-state index contributed by atoms with van der Waals surface area (Å²) in [5.74, 6) is 0.857. The van der Waals surface area contributed by atoms with Crippen LogP contribution in [0.5, 0.6) is 0 Å². The van der Waals surface area contributed by atoms with Crippen LogP contribution in [0.4, 0.5) is 0 Å². The van der Waals surface area contributed by atoms with Gasteiger partial charge in [-0.3, -0.25) is 0 Å². The first kappa shape index (κ1) is 26.0. The van der Waals surface area contributed by atoms with Crippen molar-refractivity contribution >= 4 is 49.8 Å². The van der Waals surface area contributed by atoms with Gasteiger partial charge in [-0.2, -0.15) is 0 Å². The predicted molar refractivity (Wildman–Crippen MR) is 172 cm³/mol. The number of hydrogen-bond donors (Lipinski definition) is 0. The number of ether oxygens (including phenoxy) is 1. The maximum absolute atomic E-state index is 6.26. The molecule has 0 N–H and O–H groups in total. The highest BCUT2D eigenvalue weighted by atomic mass is 35.5. The van der Waals surface area contributed by atoms with Gasteiger partial charge in [-0.15, -0.1) is 0 Å². The predicted octanol–water partition coefficient (Wildman–Crippen LogP) is 10.9. The lowest BCUT2D eigenvalue weighted by Crippen LogP contribution is -1.99. The summed E-state index contributed by atoms with van der Waals surface area (Å²) in [4.78, 5) is 0. The molecule has 0 spiro atoms. The van der Waals surface area contributed by atoms with Crippen molar-refractivity contribution < 1.29 is 4.74 Å². The van der Waals surface area contributed by atoms with Crippen molar-refractivity contribution in [1.29, 1.82) is 0 Å². The van der Waals surface area contributed by atoms with Gasteiger partial charge in [0, 0.05) is 26.8 Å². The van der Waals surface area contributed by atoms with Crippen molar-refractivity contribution in [1.82, 2.24) is 4.57 Å². The summed E-state index contributed by atoms with van der Waals surface area (Å²) < 4.78 is 8.04. The van der Waals surface area contributed by atoms with Gasteiger partial charge in [0.2, 0.25) is 0 Å². The summed E-state index contributed by atoms with van der Waals surface area (Å²) >= 11 is 6.26. The summed E-state index contributed by atoms with van der Waals surface area (Å²) in [5.41, 5.74) is 8.39. The molecule has 1 aliphatic rings. The Morgan fingerprint density at radius 3 is 2.08 bits per heavy atom. The van der Waals surface area contributed by atoms with Crippen LogP contribution >= 0.6 is 11.6 Å². The molecular weight excluding hydrogens is 510 g/mol. The quantitative estimate of drug-likeness (QED) is 0.216. The van der Waals surface area contributed by atoms with E-state index in [-0.39, 0.29) is 0 Å². The molecule has 0 fully saturated rings. The van der Waals surface area contributed by atoms with Crippen molar-refractivity contribution in [3.63, 3.8) is 0 Å². The lowest BCUT2D eigenvalue weighted by atomic mass is 9.94. The van der Waals surface area contributed by atoms with E-state index >= 15 is 0 Å². The third-order valence-corrected chi connectivity index (χ3v) is 7.96. The SMILES string of the molecule is CC.COC1=C(c2ccc(-c3ccc4c5ccccc5n(-c5cccc6ccccc56)c4c3)cc2)CCC(Cl)=C1. The second-order valence-corrected chi connectivity index (χ2v) is 10.3. The smallest absolute Gasteiger partial charge is 0.123 e. The number of halogens is 1. The fraction of sp³-hybridized carbons (Fsp3) is 0.135. The number of hydrogen-bond acceptors (Lipinski definition) is 1. The molecule has 3 heteroatoms. The second kappa shape index (κ2) is 11.1. The van der Waals surface area contributed by atoms with Crippen LogP contribution in [0, 0.1) is 0 Å². The molecule has 1 aromatic heterocycles. The van der Waals surface area contributed by atoms with Gasteiger partial charge in [0.05, 0.1) is 23.8 Å². The highest BCUT2D eigenvalue weighted by Gasteiger charge is 2.17. The number of fused-ring (bicyclic) bond motifs is 4. The average Bonchev–Trinajstić information content (AvgIpc) is 3.35. The van der Waals surface area contributed by atoms with Gasteiger partial charge in [0.25, 0.3) is 0 Å². The monoisotopic (exact) mass is 541 g/mol. The number of benzene rings is 5. The molecule has 198 valence electrons. The highest BCUT2D eigenvalue weighted by Crippen LogP contribution is 2.38. The second-order valence-electron chi connectivity index (χ2n) is 9.80. The maximum Gasteiger partial charge on any atom is 0.123 e. The Kier molecular flexibility index (Phi) is 7.19. The van der Waals surface area contributed by atoms with E-state index in [0.29, 0.717) is 0 Å². The molecule has 40 heavy (non-hydrogen) atoms. The summed E-state index contributed by atoms with van der Waals surface area (Å²) in [5, 5.41) is 5.86. The molecule has 0 atom stereocenters. The van der Waals surface area contributed by atoms with Gasteiger partial charge in [0.15, 0.2) is 0 Å². The maximum atomic E-state index is 6.26. The van der Waals surface area contributed by atoms with Crippen molar-refractivity contribution in [3.8, 4) is 16.8 Å². The Morgan fingerprint density at radius 2 is 1.27 bits per heavy atom. The van der Waals surface area contributed by atoms with Crippen LogP contribution in [0.25, 0.3) is 55.0 Å². The van der Waals surface area contributed by atoms with Crippen molar-refractivity contribution in [3.05, 3.63) is 132 Å². The molecule has 0 saturated heterocycles. The van der Waals surface area contributed by atoms with Crippen LogP contribution in [0.15, 0.2) is 126 Å². The minimum Gasteiger partial charge on any atom is -0.496 e. The first-order valence-corrected chi connectivity index (χ1v) is 14.3. The summed E-state index contributed by atoms with van der Waals surface area (Å²) in [6.45, 7) is 4.00. The Hall–Kier alpha value is -4.27. The third kappa shape index (κ3) is 4.49. The first-order chi connectivity index (χ1) is 19.7. The van der Waals surface area contributed by atoms with Gasteiger partial charge >= 0.3 is 0 Å². The summed E-state index contributed by atoms with van der Waals surface area (Å²) in [6, 6.07) is 39.5. The standard InChI is InChI=1S/C35H26ClNO.C2H6/c1-38-35-22-27(36)18-20-29(35)25-15-13-23(14-16-25)26-17-19-31-30-10-4-5-11-33(30)37(34(31)21-26)32-12-6-8-24-7-2-3-9-28(24)32;1-2/h2-17,19,21-22H,18,20H2,1H3;1-2H3. The van der Waals surface area contributed by atoms with E-state index in [1.807, 2.05) is 19.9 Å². The van der Waals surface area contributed by atoms with Crippen molar-refractivity contribution in [2.45, 2.75) is 26.7 Å². The van der Waals surface area contributed by atoms with Gasteiger partial charge in [-0.05, 0) is 59.2 Å². The van der Waals surface area contributed by atoms with Crippen LogP contribution in [-0.2, 0) is 4.74 Å². The zero-order valence-corrected chi connectivity index (χ0v) is 23.9. The van der Waals surface area contributed by atoms with Crippen molar-refractivity contribution in [2.75, 3.05) is 7.11 Å². The minimum atomic E-state index is 0.845. The molecule has 0 aliphatic heterocycles. The van der Waals surface area contributed by atoms with E-state index in [2.05, 4.69) is 114 Å². The van der Waals surface area contributed by atoms with Gasteiger partial charge in [0.1, 0.15) is 5.76 Å². The normalized spacial score (nSPS) is 13.3. The number of allylic oxidation sites excluding steroid dienone is 3. The van der Waals surface area contributed by atoms with E-state index in [1.165, 1.54) is 60.5 Å². The first-order valence-electron chi connectivity index (χ1n) is 14.0. The largest absolute Gasteiger partial charge is 0.496 e. The van der Waals surface area contributed by atoms with E-state index in [4.69, 9.17) is 16.3 Å². The van der Waals surface area contributed by atoms with E-state index in [0.717, 1.165) is 23.6 Å². The molecule has 7 rings (SSSR count). The zero-order chi connectivity index (χ0) is 27.6. The van der Waals surface area contributed by atoms with Crippen LogP contribution in [0.1, 0.15) is 32.3 Å². The van der Waals surface area contributed by atoms with Crippen LogP contribution in [0.3, 0.4) is 0 Å². The van der Waals surface area contributed by atoms with E-state index < -0.39 is 0 Å². The molecular formula is C37H32ClNO. The number of rotatable bonds is 4. The van der Waals surface area contributed by atoms with Gasteiger partial charge in [-0.25, -0.2) is 0 Å². The number of methoxy groups -OCH3 is 1. The number of nitrogens with zero attached hydrogens (tertiary/aromatic N) is 1. The Bertz CT molecular complexity index is 1900. The molecule has 0 unspecified atom stereocenters. The molecule has 0 bridgehead atoms. The average molecular weight is 542 g/mol. The molecule has 0 saturated carbocycles. The fourth-order valence-electron chi connectivity index (χ4n) is 5.81. The topological polar surface area (TPSA) is 14.2 Å². The van der Waals surface area contributed by atoms with Gasteiger partial charge < -0.3 is 9.30 Å². The molecule has 5 aromatic carbocycles. The van der Waals surface area contributed by atoms with Gasteiger partial charge in [-0.1, -0.05) is 116 Å². The third-order valence-electron chi connectivity index (χ3n) is 7.67.